The van der Waals surface area contributed by atoms with Gasteiger partial charge in [-0.1, -0.05) is 36.0 Å². The molecule has 0 bridgehead atoms. The van der Waals surface area contributed by atoms with Gasteiger partial charge in [0.2, 0.25) is 11.8 Å². The zero-order chi connectivity index (χ0) is 23.6. The molecule has 0 fully saturated rings. The van der Waals surface area contributed by atoms with Gasteiger partial charge in [0.15, 0.2) is 5.16 Å². The smallest absolute Gasteiger partial charge is 0.251 e. The lowest BCUT2D eigenvalue weighted by molar-refractivity contribution is -0.120. The number of hydrogen-bond donors (Lipinski definition) is 3. The molecule has 1 aromatic heterocycles. The first-order valence-electron chi connectivity index (χ1n) is 10.0. The highest BCUT2D eigenvalue weighted by Crippen LogP contribution is 2.23. The molecule has 0 radical (unpaired) electrons. The van der Waals surface area contributed by atoms with Gasteiger partial charge in [0, 0.05) is 12.6 Å². The van der Waals surface area contributed by atoms with Crippen LogP contribution in [0.5, 0.6) is 11.5 Å². The second-order valence-electron chi connectivity index (χ2n) is 6.88. The molecule has 0 atom stereocenters. The fourth-order valence-corrected chi connectivity index (χ4v) is 3.62. The number of anilines is 1. The average molecular weight is 469 g/mol. The zero-order valence-electron chi connectivity index (χ0n) is 18.2. The largest absolute Gasteiger partial charge is 0.497 e. The molecule has 0 aliphatic heterocycles. The Hall–Kier alpha value is -3.79. The third-order valence-corrected chi connectivity index (χ3v) is 5.33. The van der Waals surface area contributed by atoms with E-state index in [0.717, 1.165) is 17.3 Å². The summed E-state index contributed by atoms with van der Waals surface area (Å²) in [5.41, 5.74) is 1.36. The van der Waals surface area contributed by atoms with E-state index in [1.54, 1.807) is 31.4 Å². The number of aromatic amines is 1. The maximum absolute atomic E-state index is 12.3. The number of ether oxygens (including phenoxy) is 2. The van der Waals surface area contributed by atoms with Gasteiger partial charge in [0.1, 0.15) is 11.5 Å². The monoisotopic (exact) mass is 468 g/mol. The lowest BCUT2D eigenvalue weighted by atomic mass is 10.2. The maximum Gasteiger partial charge on any atom is 0.251 e. The van der Waals surface area contributed by atoms with Crippen molar-refractivity contribution in [3.63, 3.8) is 0 Å². The van der Waals surface area contributed by atoms with Crippen molar-refractivity contribution in [3.05, 3.63) is 76.2 Å². The number of hydrogen-bond acceptors (Lipinski definition) is 7. The molecule has 3 aromatic rings. The lowest BCUT2D eigenvalue weighted by Crippen LogP contribution is -2.26. The first-order valence-corrected chi connectivity index (χ1v) is 11.0. The molecule has 0 aliphatic carbocycles. The standard InChI is InChI=1S/C23H24N4O5S/c1-31-17-7-5-6-15(10-17)13-24-20(28)11-16-12-21(29)27-23(25-16)33-14-22(30)26-18-8-3-4-9-19(18)32-2/h3-10,12H,11,13-14H2,1-2H3,(H,24,28)(H,26,30)(H,25,27,29). The van der Waals surface area contributed by atoms with Crippen molar-refractivity contribution in [1.82, 2.24) is 15.3 Å². The molecule has 0 saturated heterocycles. The van der Waals surface area contributed by atoms with E-state index in [0.29, 0.717) is 29.4 Å². The molecule has 1 heterocycles. The number of carbonyl (C=O) groups excluding carboxylic acids is 2. The summed E-state index contributed by atoms with van der Waals surface area (Å²) in [5.74, 6) is 0.708. The number of nitrogens with zero attached hydrogens (tertiary/aromatic N) is 1. The topological polar surface area (TPSA) is 122 Å². The van der Waals surface area contributed by atoms with Crippen LogP contribution in [-0.4, -0.2) is 41.8 Å². The number of carbonyl (C=O) groups is 2. The molecule has 0 unspecified atom stereocenters. The van der Waals surface area contributed by atoms with Gasteiger partial charge in [0.05, 0.1) is 37.8 Å². The SMILES string of the molecule is COc1cccc(CNC(=O)Cc2cc(=O)[nH]c(SCC(=O)Nc3ccccc3OC)n2)c1. The average Bonchev–Trinajstić information content (AvgIpc) is 2.81. The van der Waals surface area contributed by atoms with E-state index in [9.17, 15) is 14.4 Å². The van der Waals surface area contributed by atoms with Gasteiger partial charge >= 0.3 is 0 Å². The number of thioether (sulfide) groups is 1. The van der Waals surface area contributed by atoms with Crippen molar-refractivity contribution in [2.75, 3.05) is 25.3 Å². The number of rotatable bonds is 10. The summed E-state index contributed by atoms with van der Waals surface area (Å²) in [6.45, 7) is 0.323. The molecule has 9 nitrogen and oxygen atoms in total. The van der Waals surface area contributed by atoms with Crippen LogP contribution in [0.2, 0.25) is 0 Å². The van der Waals surface area contributed by atoms with Crippen molar-refractivity contribution in [2.45, 2.75) is 18.1 Å². The Morgan fingerprint density at radius 3 is 2.64 bits per heavy atom. The van der Waals surface area contributed by atoms with Crippen LogP contribution in [0.25, 0.3) is 0 Å². The van der Waals surface area contributed by atoms with Gasteiger partial charge in [-0.2, -0.15) is 0 Å². The van der Waals surface area contributed by atoms with Crippen LogP contribution < -0.4 is 25.7 Å². The van der Waals surface area contributed by atoms with Crippen LogP contribution in [0, 0.1) is 0 Å². The highest BCUT2D eigenvalue weighted by atomic mass is 32.2. The summed E-state index contributed by atoms with van der Waals surface area (Å²) < 4.78 is 10.4. The zero-order valence-corrected chi connectivity index (χ0v) is 19.0. The van der Waals surface area contributed by atoms with E-state index in [1.807, 2.05) is 24.3 Å². The predicted octanol–water partition coefficient (Wildman–Crippen LogP) is 2.38. The summed E-state index contributed by atoms with van der Waals surface area (Å²) in [5, 5.41) is 5.81. The second kappa shape index (κ2) is 11.7. The number of benzene rings is 2. The van der Waals surface area contributed by atoms with E-state index >= 15 is 0 Å². The summed E-state index contributed by atoms with van der Waals surface area (Å²) in [4.78, 5) is 43.5. The first kappa shape index (κ1) is 23.9. The summed E-state index contributed by atoms with van der Waals surface area (Å²) in [7, 11) is 3.10. The highest BCUT2D eigenvalue weighted by Gasteiger charge is 2.11. The van der Waals surface area contributed by atoms with Gasteiger partial charge in [-0.05, 0) is 29.8 Å². The van der Waals surface area contributed by atoms with E-state index in [1.165, 1.54) is 13.2 Å². The number of para-hydroxylation sites is 2. The Bertz CT molecular complexity index is 1180. The van der Waals surface area contributed by atoms with Gasteiger partial charge in [-0.25, -0.2) is 4.98 Å². The van der Waals surface area contributed by atoms with Gasteiger partial charge in [-0.3, -0.25) is 14.4 Å². The van der Waals surface area contributed by atoms with Crippen molar-refractivity contribution in [3.8, 4) is 11.5 Å². The van der Waals surface area contributed by atoms with Gasteiger partial charge < -0.3 is 25.1 Å². The Balaban J connectivity index is 1.54. The lowest BCUT2D eigenvalue weighted by Gasteiger charge is -2.09. The number of nitrogens with one attached hydrogen (secondary N) is 3. The number of H-pyrrole nitrogens is 1. The van der Waals surface area contributed by atoms with Crippen LogP contribution in [0.3, 0.4) is 0 Å². The number of aromatic nitrogens is 2. The van der Waals surface area contributed by atoms with Crippen LogP contribution in [-0.2, 0) is 22.6 Å². The predicted molar refractivity (Wildman–Crippen MR) is 126 cm³/mol. The Labute approximate surface area is 194 Å². The third-order valence-electron chi connectivity index (χ3n) is 4.46. The molecule has 2 aromatic carbocycles. The molecule has 2 amide bonds. The normalized spacial score (nSPS) is 10.4. The first-order chi connectivity index (χ1) is 16.0. The molecule has 3 N–H and O–H groups in total. The minimum atomic E-state index is -0.395. The summed E-state index contributed by atoms with van der Waals surface area (Å²) in [6, 6.07) is 15.7. The molecule has 172 valence electrons. The van der Waals surface area contributed by atoms with Gasteiger partial charge in [-0.15, -0.1) is 0 Å². The quantitative estimate of drug-likeness (QED) is 0.308. The Morgan fingerprint density at radius 1 is 1.03 bits per heavy atom. The molecule has 3 rings (SSSR count). The van der Waals surface area contributed by atoms with Gasteiger partial charge in [0.25, 0.3) is 5.56 Å². The number of amides is 2. The molecular formula is C23H24N4O5S. The molecule has 0 aliphatic rings. The second-order valence-corrected chi connectivity index (χ2v) is 7.85. The summed E-state index contributed by atoms with van der Waals surface area (Å²) in [6.07, 6.45) is -0.0607. The number of methoxy groups -OCH3 is 2. The van der Waals surface area contributed by atoms with Crippen molar-refractivity contribution < 1.29 is 19.1 Å². The van der Waals surface area contributed by atoms with E-state index in [4.69, 9.17) is 9.47 Å². The van der Waals surface area contributed by atoms with E-state index in [2.05, 4.69) is 20.6 Å². The van der Waals surface area contributed by atoms with Crippen LogP contribution in [0.4, 0.5) is 5.69 Å². The fourth-order valence-electron chi connectivity index (χ4n) is 2.92. The highest BCUT2D eigenvalue weighted by molar-refractivity contribution is 7.99. The molecule has 10 heteroatoms. The molecular weight excluding hydrogens is 444 g/mol. The Kier molecular flexibility index (Phi) is 8.48. The summed E-state index contributed by atoms with van der Waals surface area (Å²) >= 11 is 1.07. The molecule has 0 saturated carbocycles. The maximum atomic E-state index is 12.3. The Morgan fingerprint density at radius 2 is 1.85 bits per heavy atom. The van der Waals surface area contributed by atoms with Crippen molar-refractivity contribution in [2.24, 2.45) is 0 Å². The van der Waals surface area contributed by atoms with Crippen molar-refractivity contribution in [1.29, 1.82) is 0 Å². The van der Waals surface area contributed by atoms with Crippen molar-refractivity contribution >= 4 is 29.3 Å². The minimum absolute atomic E-state index is 0.0203. The minimum Gasteiger partial charge on any atom is -0.497 e. The third kappa shape index (κ3) is 7.39. The van der Waals surface area contributed by atoms with E-state index in [-0.39, 0.29) is 29.1 Å². The van der Waals surface area contributed by atoms with Crippen LogP contribution in [0.1, 0.15) is 11.3 Å². The fraction of sp³-hybridized carbons (Fsp3) is 0.217. The van der Waals surface area contributed by atoms with E-state index < -0.39 is 5.56 Å². The van der Waals surface area contributed by atoms with Crippen LogP contribution in [0.15, 0.2) is 64.5 Å². The molecule has 0 spiro atoms. The molecule has 33 heavy (non-hydrogen) atoms. The van der Waals surface area contributed by atoms with Crippen LogP contribution >= 0.6 is 11.8 Å².